The minimum Gasteiger partial charge on any atom is -0.459 e. The van der Waals surface area contributed by atoms with Crippen LogP contribution in [0.5, 0.6) is 0 Å². The number of rotatable bonds is 3. The zero-order valence-electron chi connectivity index (χ0n) is 13.3. The molecular formula is C17H18N2O4S. The molecule has 24 heavy (non-hydrogen) atoms. The van der Waals surface area contributed by atoms with Crippen LogP contribution in [0.15, 0.2) is 53.4 Å². The molecule has 0 aromatic heterocycles. The average Bonchev–Trinajstić information content (AvgIpc) is 2.54. The number of hydrogen-bond donors (Lipinski definition) is 2. The van der Waals surface area contributed by atoms with Gasteiger partial charge in [-0.3, -0.25) is 0 Å². The fourth-order valence-corrected chi connectivity index (χ4v) is 3.78. The second kappa shape index (κ2) is 6.26. The summed E-state index contributed by atoms with van der Waals surface area (Å²) < 4.78 is 32.4. The van der Waals surface area contributed by atoms with E-state index in [-0.39, 0.29) is 11.0 Å². The van der Waals surface area contributed by atoms with Crippen LogP contribution < -0.4 is 10.0 Å². The van der Waals surface area contributed by atoms with E-state index in [1.54, 1.807) is 62.4 Å². The van der Waals surface area contributed by atoms with Crippen molar-refractivity contribution in [3.05, 3.63) is 59.7 Å². The number of anilines is 1. The van der Waals surface area contributed by atoms with Gasteiger partial charge in [0.15, 0.2) is 0 Å². The third-order valence-electron chi connectivity index (χ3n) is 3.57. The third-order valence-corrected chi connectivity index (χ3v) is 5.05. The Morgan fingerprint density at radius 3 is 2.42 bits per heavy atom. The Labute approximate surface area is 140 Å². The van der Waals surface area contributed by atoms with Crippen molar-refractivity contribution in [2.24, 2.45) is 0 Å². The van der Waals surface area contributed by atoms with E-state index in [1.807, 2.05) is 0 Å². The smallest absolute Gasteiger partial charge is 0.338 e. The molecule has 126 valence electrons. The van der Waals surface area contributed by atoms with E-state index < -0.39 is 22.2 Å². The molecule has 2 aromatic carbocycles. The number of sulfonamides is 1. The molecule has 0 saturated carbocycles. The van der Waals surface area contributed by atoms with Gasteiger partial charge in [0.05, 0.1) is 17.4 Å². The molecule has 0 saturated heterocycles. The van der Waals surface area contributed by atoms with E-state index in [0.29, 0.717) is 16.8 Å². The number of esters is 1. The van der Waals surface area contributed by atoms with Gasteiger partial charge in [-0.25, -0.2) is 13.2 Å². The minimum atomic E-state index is -3.59. The van der Waals surface area contributed by atoms with Crippen molar-refractivity contribution in [1.29, 1.82) is 0 Å². The lowest BCUT2D eigenvalue weighted by molar-refractivity contribution is 0.0378. The molecule has 3 rings (SSSR count). The van der Waals surface area contributed by atoms with Crippen LogP contribution in [-0.4, -0.2) is 20.5 Å². The van der Waals surface area contributed by atoms with Crippen molar-refractivity contribution in [3.8, 4) is 0 Å². The summed E-state index contributed by atoms with van der Waals surface area (Å²) in [5, 5.41) is 3.14. The fourth-order valence-electron chi connectivity index (χ4n) is 2.47. The summed E-state index contributed by atoms with van der Waals surface area (Å²) in [4.78, 5) is 12.1. The molecule has 6 nitrogen and oxygen atoms in total. The van der Waals surface area contributed by atoms with Gasteiger partial charge in [-0.05, 0) is 43.7 Å². The highest BCUT2D eigenvalue weighted by molar-refractivity contribution is 7.89. The molecule has 0 fully saturated rings. The summed E-state index contributed by atoms with van der Waals surface area (Å²) in [6, 6.07) is 13.4. The number of fused-ring (bicyclic) bond motifs is 1. The van der Waals surface area contributed by atoms with Crippen LogP contribution in [0, 0.1) is 0 Å². The molecule has 2 aromatic rings. The maximum absolute atomic E-state index is 12.3. The topological polar surface area (TPSA) is 84.5 Å². The van der Waals surface area contributed by atoms with E-state index in [2.05, 4.69) is 10.0 Å². The minimum absolute atomic E-state index is 0.194. The number of para-hydroxylation sites is 1. The van der Waals surface area contributed by atoms with E-state index in [1.165, 1.54) is 0 Å². The van der Waals surface area contributed by atoms with Crippen molar-refractivity contribution in [2.45, 2.75) is 31.0 Å². The average molecular weight is 346 g/mol. The molecule has 0 aliphatic carbocycles. The monoisotopic (exact) mass is 346 g/mol. The molecule has 0 unspecified atom stereocenters. The first kappa shape index (κ1) is 16.5. The molecule has 1 atom stereocenters. The van der Waals surface area contributed by atoms with Gasteiger partial charge in [0, 0.05) is 0 Å². The van der Waals surface area contributed by atoms with Gasteiger partial charge in [0.1, 0.15) is 11.1 Å². The Kier molecular flexibility index (Phi) is 4.29. The Morgan fingerprint density at radius 1 is 1.08 bits per heavy atom. The number of carbonyl (C=O) groups excluding carboxylic acids is 1. The zero-order chi connectivity index (χ0) is 17.3. The quantitative estimate of drug-likeness (QED) is 0.835. The van der Waals surface area contributed by atoms with Gasteiger partial charge in [0.2, 0.25) is 10.0 Å². The highest BCUT2D eigenvalue weighted by Crippen LogP contribution is 2.30. The van der Waals surface area contributed by atoms with Gasteiger partial charge in [-0.2, -0.15) is 4.72 Å². The SMILES string of the molecule is CC(C)OC(=O)c1ccc([C@H]2Nc3ccccc3S(=O)(=O)N2)cc1. The molecule has 0 bridgehead atoms. The van der Waals surface area contributed by atoms with Gasteiger partial charge in [-0.15, -0.1) is 0 Å². The third kappa shape index (κ3) is 3.27. The Balaban J connectivity index is 1.85. The van der Waals surface area contributed by atoms with Crippen LogP contribution in [0.3, 0.4) is 0 Å². The van der Waals surface area contributed by atoms with Crippen molar-refractivity contribution in [2.75, 3.05) is 5.32 Å². The molecule has 0 spiro atoms. The highest BCUT2D eigenvalue weighted by atomic mass is 32.2. The standard InChI is InChI=1S/C17H18N2O4S/c1-11(2)23-17(20)13-9-7-12(8-10-13)16-18-14-5-3-4-6-15(14)24(21,22)19-16/h3-11,16,18-19H,1-2H3/t16-/m0/s1. The predicted octanol–water partition coefficient (Wildman–Crippen LogP) is 2.65. The van der Waals surface area contributed by atoms with Crippen molar-refractivity contribution in [1.82, 2.24) is 4.72 Å². The molecule has 0 radical (unpaired) electrons. The summed E-state index contributed by atoms with van der Waals surface area (Å²) in [5.41, 5.74) is 1.67. The van der Waals surface area contributed by atoms with Crippen molar-refractivity contribution >= 4 is 21.7 Å². The van der Waals surface area contributed by atoms with Crippen LogP contribution in [0.4, 0.5) is 5.69 Å². The molecule has 1 heterocycles. The predicted molar refractivity (Wildman–Crippen MR) is 90.1 cm³/mol. The Bertz CT molecular complexity index is 860. The Hall–Kier alpha value is -2.38. The van der Waals surface area contributed by atoms with Gasteiger partial charge >= 0.3 is 5.97 Å². The fraction of sp³-hybridized carbons (Fsp3) is 0.235. The second-order valence-corrected chi connectivity index (χ2v) is 7.45. The molecule has 0 amide bonds. The molecule has 7 heteroatoms. The summed E-state index contributed by atoms with van der Waals surface area (Å²) in [6.07, 6.45) is -0.791. The number of nitrogens with one attached hydrogen (secondary N) is 2. The van der Waals surface area contributed by atoms with E-state index >= 15 is 0 Å². The van der Waals surface area contributed by atoms with Crippen LogP contribution in [-0.2, 0) is 14.8 Å². The van der Waals surface area contributed by atoms with Crippen LogP contribution >= 0.6 is 0 Å². The van der Waals surface area contributed by atoms with Crippen molar-refractivity contribution < 1.29 is 17.9 Å². The van der Waals surface area contributed by atoms with E-state index in [9.17, 15) is 13.2 Å². The lowest BCUT2D eigenvalue weighted by Crippen LogP contribution is -2.38. The first-order valence-corrected chi connectivity index (χ1v) is 9.04. The van der Waals surface area contributed by atoms with Gasteiger partial charge < -0.3 is 10.1 Å². The van der Waals surface area contributed by atoms with Crippen LogP contribution in [0.2, 0.25) is 0 Å². The number of ether oxygens (including phenoxy) is 1. The maximum Gasteiger partial charge on any atom is 0.338 e. The number of benzene rings is 2. The largest absolute Gasteiger partial charge is 0.459 e. The lowest BCUT2D eigenvalue weighted by Gasteiger charge is -2.28. The first-order valence-electron chi connectivity index (χ1n) is 7.55. The summed E-state index contributed by atoms with van der Waals surface area (Å²) in [5.74, 6) is -0.404. The second-order valence-electron chi connectivity index (χ2n) is 5.77. The molecule has 1 aliphatic heterocycles. The summed E-state index contributed by atoms with van der Waals surface area (Å²) >= 11 is 0. The maximum atomic E-state index is 12.3. The van der Waals surface area contributed by atoms with E-state index in [0.717, 1.165) is 0 Å². The zero-order valence-corrected chi connectivity index (χ0v) is 14.1. The summed E-state index contributed by atoms with van der Waals surface area (Å²) in [6.45, 7) is 3.56. The first-order chi connectivity index (χ1) is 11.4. The highest BCUT2D eigenvalue weighted by Gasteiger charge is 2.29. The van der Waals surface area contributed by atoms with Crippen LogP contribution in [0.25, 0.3) is 0 Å². The van der Waals surface area contributed by atoms with Crippen LogP contribution in [0.1, 0.15) is 35.9 Å². The molecule has 1 aliphatic rings. The number of carbonyl (C=O) groups is 1. The lowest BCUT2D eigenvalue weighted by atomic mass is 10.1. The van der Waals surface area contributed by atoms with E-state index in [4.69, 9.17) is 4.74 Å². The van der Waals surface area contributed by atoms with Crippen molar-refractivity contribution in [3.63, 3.8) is 0 Å². The molecule has 2 N–H and O–H groups in total. The summed E-state index contributed by atoms with van der Waals surface area (Å²) in [7, 11) is -3.59. The number of hydrogen-bond acceptors (Lipinski definition) is 5. The van der Waals surface area contributed by atoms with Gasteiger partial charge in [0.25, 0.3) is 0 Å². The molecular weight excluding hydrogens is 328 g/mol. The van der Waals surface area contributed by atoms with Gasteiger partial charge in [-0.1, -0.05) is 24.3 Å². The Morgan fingerprint density at radius 2 is 1.75 bits per heavy atom. The normalized spacial score (nSPS) is 18.5.